The molecular weight excluding hydrogens is 268 g/mol. The molecule has 4 heteroatoms. The fraction of sp³-hybridized carbons (Fsp3) is 0.235. The number of carbonyl (C=O) groups excluding carboxylic acids is 1. The molecule has 0 bridgehead atoms. The van der Waals surface area contributed by atoms with Crippen LogP contribution in [0.3, 0.4) is 0 Å². The smallest absolute Gasteiger partial charge is 0.339 e. The molecule has 1 atom stereocenters. The second kappa shape index (κ2) is 4.52. The fourth-order valence-corrected chi connectivity index (χ4v) is 2.72. The fourth-order valence-electron chi connectivity index (χ4n) is 2.72. The molecule has 0 N–H and O–H groups in total. The van der Waals surface area contributed by atoms with Crippen molar-refractivity contribution < 1.29 is 19.0 Å². The molecule has 2 aliphatic heterocycles. The Hall–Kier alpha value is -2.49. The molecule has 0 unspecified atom stereocenters. The van der Waals surface area contributed by atoms with Crippen molar-refractivity contribution in [1.82, 2.24) is 0 Å². The third-order valence-corrected chi connectivity index (χ3v) is 3.82. The largest absolute Gasteiger partial charge is 0.486 e. The van der Waals surface area contributed by atoms with E-state index in [4.69, 9.17) is 14.2 Å². The lowest BCUT2D eigenvalue weighted by molar-refractivity contribution is 0.0455. The maximum absolute atomic E-state index is 12.1. The van der Waals surface area contributed by atoms with E-state index < -0.39 is 0 Å². The molecular formula is C17H14O4. The van der Waals surface area contributed by atoms with Gasteiger partial charge in [-0.2, -0.15) is 0 Å². The van der Waals surface area contributed by atoms with Crippen molar-refractivity contribution in [2.45, 2.75) is 13.0 Å². The van der Waals surface area contributed by atoms with Gasteiger partial charge >= 0.3 is 5.97 Å². The van der Waals surface area contributed by atoms with Gasteiger partial charge in [0, 0.05) is 5.56 Å². The first kappa shape index (κ1) is 12.3. The van der Waals surface area contributed by atoms with Crippen LogP contribution in [-0.4, -0.2) is 19.2 Å². The Morgan fingerprint density at radius 3 is 2.38 bits per heavy atom. The average Bonchev–Trinajstić information content (AvgIpc) is 2.83. The van der Waals surface area contributed by atoms with Crippen LogP contribution in [0.2, 0.25) is 0 Å². The summed E-state index contributed by atoms with van der Waals surface area (Å²) in [5, 5.41) is 0. The van der Waals surface area contributed by atoms with Crippen LogP contribution >= 0.6 is 0 Å². The molecule has 2 aliphatic rings. The van der Waals surface area contributed by atoms with Crippen LogP contribution in [0.25, 0.3) is 0 Å². The second-order valence-corrected chi connectivity index (χ2v) is 5.28. The van der Waals surface area contributed by atoms with Gasteiger partial charge in [0.1, 0.15) is 13.2 Å². The molecule has 0 amide bonds. The summed E-state index contributed by atoms with van der Waals surface area (Å²) in [6.45, 7) is 3.05. The van der Waals surface area contributed by atoms with Crippen LogP contribution < -0.4 is 9.47 Å². The van der Waals surface area contributed by atoms with E-state index >= 15 is 0 Å². The highest BCUT2D eigenvalue weighted by molar-refractivity contribution is 5.95. The predicted molar refractivity (Wildman–Crippen MR) is 75.9 cm³/mol. The molecule has 21 heavy (non-hydrogen) atoms. The SMILES string of the molecule is Cc1ccc([C@@H]2OC(=O)c3cc4c(cc32)OCCO4)cc1. The summed E-state index contributed by atoms with van der Waals surface area (Å²) in [6.07, 6.45) is -0.371. The van der Waals surface area contributed by atoms with Gasteiger partial charge in [0.2, 0.25) is 0 Å². The Morgan fingerprint density at radius 2 is 1.67 bits per heavy atom. The van der Waals surface area contributed by atoms with Gasteiger partial charge in [-0.3, -0.25) is 0 Å². The van der Waals surface area contributed by atoms with E-state index in [0.717, 1.165) is 11.1 Å². The number of ether oxygens (including phenoxy) is 3. The number of carbonyl (C=O) groups is 1. The molecule has 0 radical (unpaired) electrons. The van der Waals surface area contributed by atoms with Crippen LogP contribution in [0.1, 0.15) is 33.2 Å². The Morgan fingerprint density at radius 1 is 1.00 bits per heavy atom. The van der Waals surface area contributed by atoms with Crippen molar-refractivity contribution in [3.63, 3.8) is 0 Å². The minimum atomic E-state index is -0.371. The molecule has 0 aliphatic carbocycles. The zero-order valence-corrected chi connectivity index (χ0v) is 11.6. The molecule has 0 saturated carbocycles. The molecule has 4 rings (SSSR count). The summed E-state index contributed by atoms with van der Waals surface area (Å²) in [5.41, 5.74) is 3.53. The summed E-state index contributed by atoms with van der Waals surface area (Å²) in [7, 11) is 0. The summed E-state index contributed by atoms with van der Waals surface area (Å²) in [4.78, 5) is 12.1. The molecule has 2 heterocycles. The molecule has 0 fully saturated rings. The molecule has 4 nitrogen and oxygen atoms in total. The standard InChI is InChI=1S/C17H14O4/c1-10-2-4-11(5-3-10)16-12-8-14-15(20-7-6-19-14)9-13(12)17(18)21-16/h2-5,8-9,16H,6-7H2,1H3/t16-/m0/s1. The first-order chi connectivity index (χ1) is 10.2. The maximum atomic E-state index is 12.1. The highest BCUT2D eigenvalue weighted by Gasteiger charge is 2.34. The highest BCUT2D eigenvalue weighted by atomic mass is 16.6. The predicted octanol–water partition coefficient (Wildman–Crippen LogP) is 3.03. The van der Waals surface area contributed by atoms with Gasteiger partial charge in [-0.25, -0.2) is 4.79 Å². The minimum absolute atomic E-state index is 0.312. The van der Waals surface area contributed by atoms with E-state index in [1.165, 1.54) is 5.56 Å². The first-order valence-corrected chi connectivity index (χ1v) is 6.93. The number of hydrogen-bond acceptors (Lipinski definition) is 4. The lowest BCUT2D eigenvalue weighted by Gasteiger charge is -2.19. The van der Waals surface area contributed by atoms with E-state index in [0.29, 0.717) is 30.3 Å². The van der Waals surface area contributed by atoms with Crippen LogP contribution in [0.4, 0.5) is 0 Å². The van der Waals surface area contributed by atoms with Gasteiger partial charge in [-0.15, -0.1) is 0 Å². The summed E-state index contributed by atoms with van der Waals surface area (Å²) < 4.78 is 16.6. The lowest BCUT2D eigenvalue weighted by atomic mass is 9.98. The van der Waals surface area contributed by atoms with E-state index in [9.17, 15) is 4.79 Å². The molecule has 2 aromatic rings. The van der Waals surface area contributed by atoms with Gasteiger partial charge in [-0.1, -0.05) is 29.8 Å². The molecule has 0 aromatic heterocycles. The quantitative estimate of drug-likeness (QED) is 0.754. The van der Waals surface area contributed by atoms with Crippen molar-refractivity contribution in [3.05, 3.63) is 58.7 Å². The van der Waals surface area contributed by atoms with E-state index in [-0.39, 0.29) is 12.1 Å². The zero-order valence-electron chi connectivity index (χ0n) is 11.6. The second-order valence-electron chi connectivity index (χ2n) is 5.28. The van der Waals surface area contributed by atoms with Crippen LogP contribution in [0, 0.1) is 6.92 Å². The van der Waals surface area contributed by atoms with Crippen molar-refractivity contribution in [2.75, 3.05) is 13.2 Å². The zero-order chi connectivity index (χ0) is 14.4. The summed E-state index contributed by atoms with van der Waals surface area (Å²) >= 11 is 0. The van der Waals surface area contributed by atoms with Gasteiger partial charge in [0.25, 0.3) is 0 Å². The van der Waals surface area contributed by atoms with Crippen molar-refractivity contribution in [2.24, 2.45) is 0 Å². The number of esters is 1. The number of benzene rings is 2. The van der Waals surface area contributed by atoms with Crippen LogP contribution in [0.15, 0.2) is 36.4 Å². The number of aryl methyl sites for hydroxylation is 1. The number of cyclic esters (lactones) is 1. The van der Waals surface area contributed by atoms with Crippen molar-refractivity contribution in [3.8, 4) is 11.5 Å². The van der Waals surface area contributed by atoms with E-state index in [1.54, 1.807) is 6.07 Å². The monoisotopic (exact) mass is 282 g/mol. The van der Waals surface area contributed by atoms with Crippen LogP contribution in [0.5, 0.6) is 11.5 Å². The molecule has 0 spiro atoms. The molecule has 2 aromatic carbocycles. The maximum Gasteiger partial charge on any atom is 0.339 e. The topological polar surface area (TPSA) is 44.8 Å². The van der Waals surface area contributed by atoms with Gasteiger partial charge in [-0.05, 0) is 24.6 Å². The minimum Gasteiger partial charge on any atom is -0.486 e. The van der Waals surface area contributed by atoms with Crippen molar-refractivity contribution in [1.29, 1.82) is 0 Å². The molecule has 106 valence electrons. The van der Waals surface area contributed by atoms with Crippen molar-refractivity contribution >= 4 is 5.97 Å². The van der Waals surface area contributed by atoms with Gasteiger partial charge < -0.3 is 14.2 Å². The third-order valence-electron chi connectivity index (χ3n) is 3.82. The lowest BCUT2D eigenvalue weighted by Crippen LogP contribution is -2.16. The van der Waals surface area contributed by atoms with Gasteiger partial charge in [0.15, 0.2) is 17.6 Å². The number of hydrogen-bond donors (Lipinski definition) is 0. The summed E-state index contributed by atoms with van der Waals surface area (Å²) in [5.74, 6) is 0.976. The Labute approximate surface area is 122 Å². The number of rotatable bonds is 1. The third kappa shape index (κ3) is 1.95. The highest BCUT2D eigenvalue weighted by Crippen LogP contribution is 2.42. The van der Waals surface area contributed by atoms with Crippen LogP contribution in [-0.2, 0) is 4.74 Å². The van der Waals surface area contributed by atoms with E-state index in [2.05, 4.69) is 0 Å². The van der Waals surface area contributed by atoms with Gasteiger partial charge in [0.05, 0.1) is 5.56 Å². The summed E-state index contributed by atoms with van der Waals surface area (Å²) in [6, 6.07) is 11.6. The Balaban J connectivity index is 1.81. The Bertz CT molecular complexity index is 718. The van der Waals surface area contributed by atoms with E-state index in [1.807, 2.05) is 37.3 Å². The average molecular weight is 282 g/mol. The molecule has 0 saturated heterocycles. The normalized spacial score (nSPS) is 19.1. The Kier molecular flexibility index (Phi) is 2.64. The first-order valence-electron chi connectivity index (χ1n) is 6.93. The number of fused-ring (bicyclic) bond motifs is 2.